The second kappa shape index (κ2) is 6.74. The number of nitrogens with one attached hydrogen (secondary N) is 4. The van der Waals surface area contributed by atoms with Crippen molar-refractivity contribution < 1.29 is 4.79 Å². The molecule has 0 bridgehead atoms. The predicted molar refractivity (Wildman–Crippen MR) is 97.0 cm³/mol. The summed E-state index contributed by atoms with van der Waals surface area (Å²) >= 11 is 0. The highest BCUT2D eigenvalue weighted by molar-refractivity contribution is 5.82. The third-order valence-corrected chi connectivity index (χ3v) is 4.65. The Balaban J connectivity index is 1.40. The van der Waals surface area contributed by atoms with E-state index in [1.807, 2.05) is 36.0 Å². The maximum atomic E-state index is 12.4. The zero-order valence-corrected chi connectivity index (χ0v) is 14.3. The third-order valence-electron chi connectivity index (χ3n) is 4.65. The highest BCUT2D eigenvalue weighted by Crippen LogP contribution is 2.22. The molecule has 0 radical (unpaired) electrons. The molecule has 134 valence electrons. The summed E-state index contributed by atoms with van der Waals surface area (Å²) < 4.78 is 2.03. The quantitative estimate of drug-likeness (QED) is 0.547. The summed E-state index contributed by atoms with van der Waals surface area (Å²) in [6.07, 6.45) is 2.62. The Labute approximate surface area is 149 Å². The Morgan fingerprint density at radius 2 is 2.12 bits per heavy atom. The van der Waals surface area contributed by atoms with Crippen LogP contribution in [0.1, 0.15) is 24.0 Å². The van der Waals surface area contributed by atoms with E-state index in [0.29, 0.717) is 23.1 Å². The number of rotatable bonds is 4. The minimum atomic E-state index is -0.345. The van der Waals surface area contributed by atoms with Gasteiger partial charge in [-0.1, -0.05) is 12.1 Å². The molecule has 2 unspecified atom stereocenters. The minimum absolute atomic E-state index is 0.0735. The zero-order valence-electron chi connectivity index (χ0n) is 14.3. The lowest BCUT2D eigenvalue weighted by Gasteiger charge is -2.11. The molecule has 0 spiro atoms. The Morgan fingerprint density at radius 1 is 1.27 bits per heavy atom. The van der Waals surface area contributed by atoms with E-state index in [4.69, 9.17) is 0 Å². The van der Waals surface area contributed by atoms with Gasteiger partial charge in [-0.15, -0.1) is 0 Å². The summed E-state index contributed by atoms with van der Waals surface area (Å²) in [6.45, 7) is 0.173. The van der Waals surface area contributed by atoms with E-state index >= 15 is 0 Å². The van der Waals surface area contributed by atoms with E-state index < -0.39 is 0 Å². The molecule has 0 saturated carbocycles. The van der Waals surface area contributed by atoms with Crippen molar-refractivity contribution in [2.45, 2.75) is 25.0 Å². The summed E-state index contributed by atoms with van der Waals surface area (Å²) in [4.78, 5) is 31.6. The molecule has 1 amide bonds. The molecule has 3 aromatic rings. The topological polar surface area (TPSA) is 104 Å². The number of carbonyl (C=O) groups is 1. The highest BCUT2D eigenvalue weighted by Gasteiger charge is 2.31. The third kappa shape index (κ3) is 3.12. The van der Waals surface area contributed by atoms with Gasteiger partial charge in [-0.05, 0) is 30.7 Å². The summed E-state index contributed by atoms with van der Waals surface area (Å²) in [7, 11) is 1.98. The monoisotopic (exact) mass is 352 g/mol. The predicted octanol–water partition coefficient (Wildman–Crippen LogP) is 0.486. The Hall–Kier alpha value is -2.97. The van der Waals surface area contributed by atoms with Crippen molar-refractivity contribution in [3.05, 3.63) is 64.5 Å². The first kappa shape index (κ1) is 16.5. The fraction of sp³-hybridized carbons (Fsp3) is 0.278. The number of benzene rings is 1. The molecule has 4 N–H and O–H groups in total. The molecule has 2 aromatic heterocycles. The van der Waals surface area contributed by atoms with Gasteiger partial charge in [0.1, 0.15) is 11.9 Å². The molecule has 2 atom stereocenters. The maximum absolute atomic E-state index is 12.4. The maximum Gasteiger partial charge on any atom is 0.258 e. The van der Waals surface area contributed by atoms with Gasteiger partial charge in [0.2, 0.25) is 5.91 Å². The fourth-order valence-electron chi connectivity index (χ4n) is 3.27. The van der Waals surface area contributed by atoms with Crippen LogP contribution in [0, 0.1) is 0 Å². The van der Waals surface area contributed by atoms with Gasteiger partial charge in [0.15, 0.2) is 0 Å². The van der Waals surface area contributed by atoms with Gasteiger partial charge in [-0.3, -0.25) is 9.59 Å². The molecule has 1 saturated heterocycles. The molecule has 1 aliphatic rings. The molecule has 26 heavy (non-hydrogen) atoms. The second-order valence-electron chi connectivity index (χ2n) is 6.42. The molecule has 4 rings (SSSR count). The average molecular weight is 352 g/mol. The summed E-state index contributed by atoms with van der Waals surface area (Å²) in [5.74, 6) is 0.303. The summed E-state index contributed by atoms with van der Waals surface area (Å²) in [6, 6.07) is 10.9. The number of hydrogen-bond donors (Lipinski definition) is 4. The summed E-state index contributed by atoms with van der Waals surface area (Å²) in [5.41, 5.74) is 7.72. The average Bonchev–Trinajstić information content (AvgIpc) is 3.28. The van der Waals surface area contributed by atoms with Crippen molar-refractivity contribution in [1.29, 1.82) is 0 Å². The number of H-pyrrole nitrogens is 1. The normalized spacial score (nSPS) is 19.7. The number of fused-ring (bicyclic) bond motifs is 1. The molecule has 1 fully saturated rings. The molecule has 0 aliphatic carbocycles. The van der Waals surface area contributed by atoms with Crippen LogP contribution in [0.15, 0.2) is 47.4 Å². The Bertz CT molecular complexity index is 1010. The SMILES string of the molecule is Cn1cccc1C1CC(C(=O)NCc2nc3ccccc3c(=O)[nH]2)NN1. The first-order chi connectivity index (χ1) is 12.6. The number of hydrazine groups is 1. The van der Waals surface area contributed by atoms with Gasteiger partial charge in [0.25, 0.3) is 5.56 Å². The van der Waals surface area contributed by atoms with Crippen molar-refractivity contribution in [1.82, 2.24) is 30.7 Å². The number of aryl methyl sites for hydroxylation is 1. The largest absolute Gasteiger partial charge is 0.353 e. The smallest absolute Gasteiger partial charge is 0.258 e. The van der Waals surface area contributed by atoms with Crippen LogP contribution in [0.2, 0.25) is 0 Å². The number of carbonyl (C=O) groups excluding carboxylic acids is 1. The standard InChI is InChI=1S/C18H20N6O2/c1-24-8-4-7-15(24)13-9-14(23-22-13)18(26)19-10-16-20-12-6-3-2-5-11(12)17(25)21-16/h2-8,13-14,22-23H,9-10H2,1H3,(H,19,26)(H,20,21,25). The highest BCUT2D eigenvalue weighted by atomic mass is 16.2. The van der Waals surface area contributed by atoms with Crippen LogP contribution < -0.4 is 21.7 Å². The van der Waals surface area contributed by atoms with Crippen LogP contribution in [-0.4, -0.2) is 26.5 Å². The van der Waals surface area contributed by atoms with Crippen molar-refractivity contribution in [2.24, 2.45) is 7.05 Å². The first-order valence-corrected chi connectivity index (χ1v) is 8.50. The van der Waals surface area contributed by atoms with Gasteiger partial charge in [-0.25, -0.2) is 15.8 Å². The van der Waals surface area contributed by atoms with Gasteiger partial charge in [0.05, 0.1) is 23.5 Å². The minimum Gasteiger partial charge on any atom is -0.353 e. The first-order valence-electron chi connectivity index (χ1n) is 8.50. The molecule has 3 heterocycles. The lowest BCUT2D eigenvalue weighted by Crippen LogP contribution is -2.43. The molecule has 1 aliphatic heterocycles. The van der Waals surface area contributed by atoms with E-state index in [1.165, 1.54) is 0 Å². The van der Waals surface area contributed by atoms with Crippen LogP contribution in [0.25, 0.3) is 10.9 Å². The van der Waals surface area contributed by atoms with Crippen LogP contribution in [0.3, 0.4) is 0 Å². The number of nitrogens with zero attached hydrogens (tertiary/aromatic N) is 2. The van der Waals surface area contributed by atoms with E-state index in [2.05, 4.69) is 26.1 Å². The van der Waals surface area contributed by atoms with Gasteiger partial charge >= 0.3 is 0 Å². The fourth-order valence-corrected chi connectivity index (χ4v) is 3.27. The van der Waals surface area contributed by atoms with E-state index in [-0.39, 0.29) is 30.1 Å². The summed E-state index contributed by atoms with van der Waals surface area (Å²) in [5, 5.41) is 3.37. The van der Waals surface area contributed by atoms with Crippen molar-refractivity contribution in [3.63, 3.8) is 0 Å². The molecular weight excluding hydrogens is 332 g/mol. The number of hydrogen-bond acceptors (Lipinski definition) is 5. The van der Waals surface area contributed by atoms with Crippen LogP contribution >= 0.6 is 0 Å². The van der Waals surface area contributed by atoms with Crippen LogP contribution in [0.5, 0.6) is 0 Å². The van der Waals surface area contributed by atoms with Gasteiger partial charge in [-0.2, -0.15) is 0 Å². The Morgan fingerprint density at radius 3 is 2.92 bits per heavy atom. The molecule has 1 aromatic carbocycles. The van der Waals surface area contributed by atoms with E-state index in [9.17, 15) is 9.59 Å². The van der Waals surface area contributed by atoms with Crippen molar-refractivity contribution >= 4 is 16.8 Å². The lowest BCUT2D eigenvalue weighted by molar-refractivity contribution is -0.123. The molecule has 8 nitrogen and oxygen atoms in total. The van der Waals surface area contributed by atoms with E-state index in [1.54, 1.807) is 18.2 Å². The van der Waals surface area contributed by atoms with Gasteiger partial charge < -0.3 is 14.9 Å². The number of aromatic nitrogens is 3. The lowest BCUT2D eigenvalue weighted by atomic mass is 10.1. The van der Waals surface area contributed by atoms with Crippen molar-refractivity contribution in [3.8, 4) is 0 Å². The second-order valence-corrected chi connectivity index (χ2v) is 6.42. The van der Waals surface area contributed by atoms with Crippen LogP contribution in [0.4, 0.5) is 0 Å². The van der Waals surface area contributed by atoms with Crippen molar-refractivity contribution in [2.75, 3.05) is 0 Å². The van der Waals surface area contributed by atoms with Gasteiger partial charge in [0, 0.05) is 18.9 Å². The molecule has 8 heteroatoms. The number of aromatic amines is 1. The Kier molecular flexibility index (Phi) is 4.27. The number of para-hydroxylation sites is 1. The molecular formula is C18H20N6O2. The zero-order chi connectivity index (χ0) is 18.1. The van der Waals surface area contributed by atoms with E-state index in [0.717, 1.165) is 5.69 Å². The van der Waals surface area contributed by atoms with Crippen LogP contribution in [-0.2, 0) is 18.4 Å². The number of amides is 1.